The summed E-state index contributed by atoms with van der Waals surface area (Å²) in [5.41, 5.74) is 8.58. The van der Waals surface area contributed by atoms with Crippen LogP contribution in [-0.4, -0.2) is 6.61 Å². The summed E-state index contributed by atoms with van der Waals surface area (Å²) in [6, 6.07) is 6.41. The van der Waals surface area contributed by atoms with Crippen molar-refractivity contribution in [1.82, 2.24) is 0 Å². The van der Waals surface area contributed by atoms with Gasteiger partial charge in [0.2, 0.25) is 0 Å². The fraction of sp³-hybridized carbons (Fsp3) is 0.429. The molecular weight excluding hydrogens is 198 g/mol. The molecule has 0 unspecified atom stereocenters. The van der Waals surface area contributed by atoms with Crippen molar-refractivity contribution in [3.63, 3.8) is 0 Å². The minimum absolute atomic E-state index is 0.213. The molecule has 1 aliphatic carbocycles. The lowest BCUT2D eigenvalue weighted by Crippen LogP contribution is -2.05. The molecule has 1 atom stereocenters. The van der Waals surface area contributed by atoms with Gasteiger partial charge in [0.05, 0.1) is 6.61 Å². The number of rotatable bonds is 4. The Morgan fingerprint density at radius 1 is 1.50 bits per heavy atom. The fourth-order valence-electron chi connectivity index (χ4n) is 2.08. The van der Waals surface area contributed by atoms with Gasteiger partial charge in [-0.05, 0) is 42.5 Å². The molecule has 1 aromatic carbocycles. The smallest absolute Gasteiger partial charge is 0.119 e. The molecule has 2 N–H and O–H groups in total. The third-order valence-electron chi connectivity index (χ3n) is 2.97. The quantitative estimate of drug-likeness (QED) is 0.618. The van der Waals surface area contributed by atoms with Gasteiger partial charge < -0.3 is 10.5 Å². The summed E-state index contributed by atoms with van der Waals surface area (Å²) < 4.78 is 5.63. The first-order valence-corrected chi connectivity index (χ1v) is 5.76. The van der Waals surface area contributed by atoms with E-state index in [0.717, 1.165) is 31.4 Å². The molecule has 0 spiro atoms. The van der Waals surface area contributed by atoms with Gasteiger partial charge in [-0.15, -0.1) is 12.3 Å². The number of hydrogen-bond donors (Lipinski definition) is 1. The Bertz CT molecular complexity index is 406. The highest BCUT2D eigenvalue weighted by atomic mass is 16.5. The Morgan fingerprint density at radius 3 is 3.19 bits per heavy atom. The second-order valence-electron chi connectivity index (χ2n) is 4.16. The second kappa shape index (κ2) is 5.05. The zero-order chi connectivity index (χ0) is 11.4. The van der Waals surface area contributed by atoms with Crippen molar-refractivity contribution < 1.29 is 4.74 Å². The van der Waals surface area contributed by atoms with Crippen molar-refractivity contribution in [3.8, 4) is 18.1 Å². The average Bonchev–Trinajstić information content (AvgIpc) is 2.66. The summed E-state index contributed by atoms with van der Waals surface area (Å²) in [5.74, 6) is 3.54. The van der Waals surface area contributed by atoms with Gasteiger partial charge in [-0.25, -0.2) is 0 Å². The molecule has 0 saturated carbocycles. The molecule has 0 radical (unpaired) electrons. The predicted molar refractivity (Wildman–Crippen MR) is 65.3 cm³/mol. The van der Waals surface area contributed by atoms with Gasteiger partial charge in [-0.3, -0.25) is 0 Å². The highest BCUT2D eigenvalue weighted by molar-refractivity contribution is 5.40. The Balaban J connectivity index is 1.95. The van der Waals surface area contributed by atoms with Crippen LogP contribution in [0.25, 0.3) is 0 Å². The van der Waals surface area contributed by atoms with E-state index in [-0.39, 0.29) is 6.04 Å². The third-order valence-corrected chi connectivity index (χ3v) is 2.97. The average molecular weight is 215 g/mol. The molecule has 16 heavy (non-hydrogen) atoms. The van der Waals surface area contributed by atoms with Crippen LogP contribution in [0.4, 0.5) is 0 Å². The number of fused-ring (bicyclic) bond motifs is 1. The van der Waals surface area contributed by atoms with Gasteiger partial charge >= 0.3 is 0 Å². The summed E-state index contributed by atoms with van der Waals surface area (Å²) in [7, 11) is 0. The maximum atomic E-state index is 5.97. The van der Waals surface area contributed by atoms with E-state index in [1.54, 1.807) is 0 Å². The molecule has 84 valence electrons. The van der Waals surface area contributed by atoms with Gasteiger partial charge in [0.25, 0.3) is 0 Å². The molecule has 2 nitrogen and oxygen atoms in total. The van der Waals surface area contributed by atoms with E-state index >= 15 is 0 Å². The van der Waals surface area contributed by atoms with Gasteiger partial charge in [0.1, 0.15) is 5.75 Å². The van der Waals surface area contributed by atoms with Crippen LogP contribution < -0.4 is 10.5 Å². The van der Waals surface area contributed by atoms with Crippen molar-refractivity contribution in [1.29, 1.82) is 0 Å². The number of unbranched alkanes of at least 4 members (excludes halogenated alkanes) is 1. The van der Waals surface area contributed by atoms with Crippen LogP contribution in [0.15, 0.2) is 18.2 Å². The summed E-state index contributed by atoms with van der Waals surface area (Å²) >= 11 is 0. The van der Waals surface area contributed by atoms with Crippen molar-refractivity contribution in [2.45, 2.75) is 31.7 Å². The van der Waals surface area contributed by atoms with Crippen molar-refractivity contribution in [2.75, 3.05) is 6.61 Å². The van der Waals surface area contributed by atoms with E-state index in [1.807, 2.05) is 6.07 Å². The van der Waals surface area contributed by atoms with Crippen molar-refractivity contribution >= 4 is 0 Å². The van der Waals surface area contributed by atoms with Gasteiger partial charge in [0, 0.05) is 12.5 Å². The lowest BCUT2D eigenvalue weighted by molar-refractivity contribution is 0.312. The molecule has 0 aromatic heterocycles. The third kappa shape index (κ3) is 2.37. The number of nitrogens with two attached hydrogens (primary N) is 1. The van der Waals surface area contributed by atoms with Crippen LogP contribution in [-0.2, 0) is 6.42 Å². The summed E-state index contributed by atoms with van der Waals surface area (Å²) in [6.07, 6.45) is 8.98. The number of hydrogen-bond acceptors (Lipinski definition) is 2. The minimum atomic E-state index is 0.213. The molecule has 0 aliphatic heterocycles. The van der Waals surface area contributed by atoms with Gasteiger partial charge in [0.15, 0.2) is 0 Å². The van der Waals surface area contributed by atoms with E-state index in [9.17, 15) is 0 Å². The Morgan fingerprint density at radius 2 is 2.38 bits per heavy atom. The molecule has 2 rings (SSSR count). The van der Waals surface area contributed by atoms with Crippen LogP contribution in [0.3, 0.4) is 0 Å². The van der Waals surface area contributed by atoms with Gasteiger partial charge in [-0.1, -0.05) is 6.07 Å². The fourth-order valence-corrected chi connectivity index (χ4v) is 2.08. The van der Waals surface area contributed by atoms with Crippen LogP contribution in [0.5, 0.6) is 5.75 Å². The molecule has 0 saturated heterocycles. The molecule has 2 heteroatoms. The molecule has 0 fully saturated rings. The van der Waals surface area contributed by atoms with Crippen molar-refractivity contribution in [3.05, 3.63) is 29.3 Å². The maximum absolute atomic E-state index is 5.97. The highest BCUT2D eigenvalue weighted by Gasteiger charge is 2.18. The lowest BCUT2D eigenvalue weighted by atomic mass is 10.1. The normalized spacial score (nSPS) is 17.9. The number of benzene rings is 1. The topological polar surface area (TPSA) is 35.2 Å². The summed E-state index contributed by atoms with van der Waals surface area (Å²) in [5, 5.41) is 0. The van der Waals surface area contributed by atoms with Crippen LogP contribution in [0.2, 0.25) is 0 Å². The number of terminal acetylenes is 1. The zero-order valence-electron chi connectivity index (χ0n) is 9.41. The molecule has 0 amide bonds. The largest absolute Gasteiger partial charge is 0.494 e. The van der Waals surface area contributed by atoms with Crippen LogP contribution in [0.1, 0.15) is 36.4 Å². The number of ether oxygens (including phenoxy) is 1. The van der Waals surface area contributed by atoms with E-state index in [2.05, 4.69) is 18.1 Å². The van der Waals surface area contributed by atoms with E-state index < -0.39 is 0 Å². The molecule has 0 bridgehead atoms. The van der Waals surface area contributed by atoms with E-state index in [0.29, 0.717) is 6.61 Å². The van der Waals surface area contributed by atoms with E-state index in [4.69, 9.17) is 16.9 Å². The van der Waals surface area contributed by atoms with Gasteiger partial charge in [-0.2, -0.15) is 0 Å². The molecule has 0 heterocycles. The van der Waals surface area contributed by atoms with E-state index in [1.165, 1.54) is 11.1 Å². The van der Waals surface area contributed by atoms with Crippen molar-refractivity contribution in [2.24, 2.45) is 5.73 Å². The van der Waals surface area contributed by atoms with Crippen LogP contribution >= 0.6 is 0 Å². The first-order valence-electron chi connectivity index (χ1n) is 5.76. The van der Waals surface area contributed by atoms with Crippen LogP contribution in [0, 0.1) is 12.3 Å². The Hall–Kier alpha value is -1.46. The first-order chi connectivity index (χ1) is 7.81. The maximum Gasteiger partial charge on any atom is 0.119 e. The second-order valence-corrected chi connectivity index (χ2v) is 4.16. The minimum Gasteiger partial charge on any atom is -0.494 e. The lowest BCUT2D eigenvalue weighted by Gasteiger charge is -2.08. The molecule has 1 aliphatic rings. The molecular formula is C14H17NO. The standard InChI is InChI=1S/C14H17NO/c1-2-3-4-9-16-12-6-7-13-11(10-12)5-8-14(13)15/h1,6-7,10,14H,3-5,8-9,15H2/t14-/m0/s1. The molecule has 1 aromatic rings. The SMILES string of the molecule is C#CCCCOc1ccc2c(c1)CC[C@@H]2N. The predicted octanol–water partition coefficient (Wildman–Crippen LogP) is 2.42. The summed E-state index contributed by atoms with van der Waals surface area (Å²) in [4.78, 5) is 0. The summed E-state index contributed by atoms with van der Waals surface area (Å²) in [6.45, 7) is 0.690. The number of aryl methyl sites for hydroxylation is 1. The Kier molecular flexibility index (Phi) is 3.48. The zero-order valence-corrected chi connectivity index (χ0v) is 9.41. The first kappa shape index (κ1) is 11.0. The highest BCUT2D eigenvalue weighted by Crippen LogP contribution is 2.31. The Labute approximate surface area is 96.8 Å². The monoisotopic (exact) mass is 215 g/mol.